The number of amides is 1. The van der Waals surface area contributed by atoms with Gasteiger partial charge in [0.15, 0.2) is 6.61 Å². The van der Waals surface area contributed by atoms with Crippen LogP contribution in [0.1, 0.15) is 47.2 Å². The summed E-state index contributed by atoms with van der Waals surface area (Å²) >= 11 is 0. The first-order chi connectivity index (χ1) is 12.6. The number of carbonyl (C=O) groups is 2. The summed E-state index contributed by atoms with van der Waals surface area (Å²) in [5.41, 5.74) is 2.98. The second-order valence-electron chi connectivity index (χ2n) is 6.63. The molecule has 0 atom stereocenters. The van der Waals surface area contributed by atoms with Crippen LogP contribution in [0.5, 0.6) is 0 Å². The molecule has 144 valence electrons. The van der Waals surface area contributed by atoms with Gasteiger partial charge < -0.3 is 14.6 Å². The van der Waals surface area contributed by atoms with Crippen molar-refractivity contribution in [1.29, 1.82) is 0 Å². The molecule has 0 radical (unpaired) electrons. The molecule has 1 amide bonds. The lowest BCUT2D eigenvalue weighted by molar-refractivity contribution is -0.384. The molecule has 2 aromatic rings. The van der Waals surface area contributed by atoms with E-state index in [1.54, 1.807) is 19.1 Å². The van der Waals surface area contributed by atoms with Crippen molar-refractivity contribution in [2.24, 2.45) is 0 Å². The number of anilines is 1. The summed E-state index contributed by atoms with van der Waals surface area (Å²) < 4.78 is 7.13. The number of ether oxygens (including phenoxy) is 1. The minimum Gasteiger partial charge on any atom is -0.452 e. The zero-order valence-electron chi connectivity index (χ0n) is 16.0. The highest BCUT2D eigenvalue weighted by atomic mass is 16.6. The van der Waals surface area contributed by atoms with Gasteiger partial charge in [-0.15, -0.1) is 0 Å². The Bertz CT molecular complexity index is 899. The third-order valence-electron chi connectivity index (χ3n) is 4.26. The van der Waals surface area contributed by atoms with E-state index in [9.17, 15) is 19.7 Å². The molecule has 0 bridgehead atoms. The molecule has 8 nitrogen and oxygen atoms in total. The highest BCUT2D eigenvalue weighted by Gasteiger charge is 2.19. The number of nitrogens with one attached hydrogen (secondary N) is 1. The second kappa shape index (κ2) is 8.03. The Morgan fingerprint density at radius 3 is 2.44 bits per heavy atom. The molecular weight excluding hydrogens is 350 g/mol. The number of nitro groups is 1. The van der Waals surface area contributed by atoms with Crippen LogP contribution in [0, 0.1) is 30.9 Å². The van der Waals surface area contributed by atoms with Gasteiger partial charge in [-0.2, -0.15) is 0 Å². The summed E-state index contributed by atoms with van der Waals surface area (Å²) in [6.07, 6.45) is 0. The maximum atomic E-state index is 12.3. The van der Waals surface area contributed by atoms with E-state index in [4.69, 9.17) is 4.74 Å². The zero-order chi connectivity index (χ0) is 20.3. The summed E-state index contributed by atoms with van der Waals surface area (Å²) in [7, 11) is 0. The van der Waals surface area contributed by atoms with Gasteiger partial charge in [-0.25, -0.2) is 4.79 Å². The van der Waals surface area contributed by atoms with Gasteiger partial charge in [-0.3, -0.25) is 14.9 Å². The fraction of sp³-hybridized carbons (Fsp3) is 0.368. The summed E-state index contributed by atoms with van der Waals surface area (Å²) in [5.74, 6) is -1.15. The van der Waals surface area contributed by atoms with Gasteiger partial charge in [0.25, 0.3) is 11.6 Å². The Labute approximate surface area is 157 Å². The van der Waals surface area contributed by atoms with Gasteiger partial charge in [0.05, 0.1) is 16.2 Å². The normalized spacial score (nSPS) is 10.7. The van der Waals surface area contributed by atoms with Crippen LogP contribution in [-0.4, -0.2) is 28.0 Å². The third-order valence-corrected chi connectivity index (χ3v) is 4.26. The number of rotatable bonds is 6. The number of non-ortho nitro benzene ring substituents is 1. The topological polar surface area (TPSA) is 103 Å². The van der Waals surface area contributed by atoms with E-state index in [2.05, 4.69) is 5.32 Å². The Morgan fingerprint density at radius 2 is 1.89 bits per heavy atom. The smallest absolute Gasteiger partial charge is 0.340 e. The van der Waals surface area contributed by atoms with Crippen LogP contribution < -0.4 is 5.32 Å². The average molecular weight is 373 g/mol. The lowest BCUT2D eigenvalue weighted by Crippen LogP contribution is -2.21. The van der Waals surface area contributed by atoms with Crippen molar-refractivity contribution in [1.82, 2.24) is 4.57 Å². The Balaban J connectivity index is 2.04. The van der Waals surface area contributed by atoms with Crippen molar-refractivity contribution in [3.63, 3.8) is 0 Å². The monoisotopic (exact) mass is 373 g/mol. The van der Waals surface area contributed by atoms with Crippen molar-refractivity contribution in [2.45, 2.75) is 40.7 Å². The van der Waals surface area contributed by atoms with E-state index in [0.717, 1.165) is 11.4 Å². The highest BCUT2D eigenvalue weighted by molar-refractivity contribution is 5.96. The van der Waals surface area contributed by atoms with Crippen molar-refractivity contribution >= 4 is 23.3 Å². The number of aromatic nitrogens is 1. The predicted molar refractivity (Wildman–Crippen MR) is 101 cm³/mol. The summed E-state index contributed by atoms with van der Waals surface area (Å²) in [6, 6.07) is 6.11. The second-order valence-corrected chi connectivity index (χ2v) is 6.63. The third kappa shape index (κ3) is 4.52. The molecule has 2 rings (SSSR count). The molecule has 1 N–H and O–H groups in total. The first-order valence-corrected chi connectivity index (χ1v) is 8.52. The first kappa shape index (κ1) is 20.2. The largest absolute Gasteiger partial charge is 0.452 e. The molecule has 27 heavy (non-hydrogen) atoms. The summed E-state index contributed by atoms with van der Waals surface area (Å²) in [6.45, 7) is 9.00. The molecule has 1 heterocycles. The van der Waals surface area contributed by atoms with Gasteiger partial charge in [-0.05, 0) is 46.2 Å². The average Bonchev–Trinajstić information content (AvgIpc) is 2.89. The molecule has 0 unspecified atom stereocenters. The number of aryl methyl sites for hydroxylation is 2. The fourth-order valence-electron chi connectivity index (χ4n) is 3.03. The van der Waals surface area contributed by atoms with Crippen LogP contribution in [0.4, 0.5) is 11.4 Å². The first-order valence-electron chi connectivity index (χ1n) is 8.52. The summed E-state index contributed by atoms with van der Waals surface area (Å²) in [5, 5.41) is 13.4. The maximum Gasteiger partial charge on any atom is 0.340 e. The number of hydrogen-bond acceptors (Lipinski definition) is 5. The number of esters is 1. The molecular formula is C19H23N3O5. The maximum absolute atomic E-state index is 12.3. The molecule has 0 saturated heterocycles. The van der Waals surface area contributed by atoms with E-state index in [-0.39, 0.29) is 11.7 Å². The number of nitrogens with zero attached hydrogens (tertiary/aromatic N) is 2. The van der Waals surface area contributed by atoms with Gasteiger partial charge >= 0.3 is 5.97 Å². The van der Waals surface area contributed by atoms with E-state index in [0.29, 0.717) is 16.8 Å². The predicted octanol–water partition coefficient (Wildman–Crippen LogP) is 3.70. The van der Waals surface area contributed by atoms with Crippen LogP contribution in [0.25, 0.3) is 0 Å². The van der Waals surface area contributed by atoms with Gasteiger partial charge in [-0.1, -0.05) is 6.07 Å². The van der Waals surface area contributed by atoms with Crippen LogP contribution in [0.3, 0.4) is 0 Å². The Hall–Kier alpha value is -3.16. The summed E-state index contributed by atoms with van der Waals surface area (Å²) in [4.78, 5) is 34.7. The van der Waals surface area contributed by atoms with Gasteiger partial charge in [0.2, 0.25) is 0 Å². The van der Waals surface area contributed by atoms with Crippen LogP contribution in [-0.2, 0) is 9.53 Å². The number of carbonyl (C=O) groups excluding carboxylic acids is 2. The quantitative estimate of drug-likeness (QED) is 0.472. The standard InChI is InChI=1S/C19H23N3O5/c1-11(2)21-13(4)8-16(14(21)5)19(24)27-10-18(23)20-17-9-15(22(25)26)7-6-12(17)3/h6-9,11H,10H2,1-5H3,(H,20,23). The van der Waals surface area contributed by atoms with Crippen LogP contribution >= 0.6 is 0 Å². The van der Waals surface area contributed by atoms with Crippen molar-refractivity contribution in [2.75, 3.05) is 11.9 Å². The molecule has 1 aromatic carbocycles. The lowest BCUT2D eigenvalue weighted by atomic mass is 10.2. The van der Waals surface area contributed by atoms with Crippen molar-refractivity contribution < 1.29 is 19.2 Å². The molecule has 0 aliphatic heterocycles. The Kier molecular flexibility index (Phi) is 5.99. The molecule has 0 fully saturated rings. The lowest BCUT2D eigenvalue weighted by Gasteiger charge is -2.13. The van der Waals surface area contributed by atoms with E-state index in [1.165, 1.54) is 12.1 Å². The van der Waals surface area contributed by atoms with E-state index < -0.39 is 23.4 Å². The molecule has 1 aromatic heterocycles. The van der Waals surface area contributed by atoms with E-state index >= 15 is 0 Å². The van der Waals surface area contributed by atoms with Crippen LogP contribution in [0.2, 0.25) is 0 Å². The number of benzene rings is 1. The highest BCUT2D eigenvalue weighted by Crippen LogP contribution is 2.22. The van der Waals surface area contributed by atoms with Gasteiger partial charge in [0.1, 0.15) is 0 Å². The van der Waals surface area contributed by atoms with Crippen molar-refractivity contribution in [3.8, 4) is 0 Å². The molecule has 8 heteroatoms. The molecule has 0 aliphatic carbocycles. The number of nitro benzene ring substituents is 1. The van der Waals surface area contributed by atoms with Crippen LogP contribution in [0.15, 0.2) is 24.3 Å². The van der Waals surface area contributed by atoms with E-state index in [1.807, 2.05) is 32.3 Å². The number of hydrogen-bond donors (Lipinski definition) is 1. The molecule has 0 spiro atoms. The Morgan fingerprint density at radius 1 is 1.22 bits per heavy atom. The zero-order valence-corrected chi connectivity index (χ0v) is 16.0. The SMILES string of the molecule is Cc1ccc([N+](=O)[O-])cc1NC(=O)COC(=O)c1cc(C)n(C(C)C)c1C. The fourth-order valence-corrected chi connectivity index (χ4v) is 3.03. The van der Waals surface area contributed by atoms with Crippen molar-refractivity contribution in [3.05, 3.63) is 56.9 Å². The minimum atomic E-state index is -0.582. The minimum absolute atomic E-state index is 0.131. The van der Waals surface area contributed by atoms with Gasteiger partial charge in [0, 0.05) is 29.6 Å². The molecule has 0 saturated carbocycles. The molecule has 0 aliphatic rings.